The van der Waals surface area contributed by atoms with Crippen LogP contribution in [0.2, 0.25) is 0 Å². The summed E-state index contributed by atoms with van der Waals surface area (Å²) in [5, 5.41) is 8.53. The molecule has 0 amide bonds. The summed E-state index contributed by atoms with van der Waals surface area (Å²) in [6.45, 7) is 4.62. The van der Waals surface area contributed by atoms with Gasteiger partial charge in [-0.3, -0.25) is 4.99 Å². The molecule has 27 heavy (non-hydrogen) atoms. The van der Waals surface area contributed by atoms with Gasteiger partial charge in [0.2, 0.25) is 5.89 Å². The van der Waals surface area contributed by atoms with Gasteiger partial charge < -0.3 is 24.5 Å². The van der Waals surface area contributed by atoms with E-state index in [0.29, 0.717) is 18.4 Å². The first-order valence-corrected chi connectivity index (χ1v) is 9.81. The smallest absolute Gasteiger partial charge is 0.236 e. The van der Waals surface area contributed by atoms with Crippen LogP contribution in [-0.2, 0) is 16.0 Å². The first-order valence-electron chi connectivity index (χ1n) is 8.93. The monoisotopic (exact) mass is 506 g/mol. The molecule has 150 valence electrons. The Bertz CT molecular complexity index is 672. The zero-order chi connectivity index (χ0) is 18.0. The number of nitrogens with zero attached hydrogens (tertiary/aromatic N) is 2. The van der Waals surface area contributed by atoms with Crippen molar-refractivity contribution in [3.63, 3.8) is 0 Å². The number of halogens is 1. The van der Waals surface area contributed by atoms with Crippen molar-refractivity contribution in [2.75, 3.05) is 40.0 Å². The molecule has 0 bridgehead atoms. The lowest BCUT2D eigenvalue weighted by Crippen LogP contribution is -2.37. The van der Waals surface area contributed by atoms with Crippen molar-refractivity contribution in [1.82, 2.24) is 15.6 Å². The first-order chi connectivity index (χ1) is 12.8. The van der Waals surface area contributed by atoms with Crippen LogP contribution in [0.4, 0.5) is 0 Å². The molecule has 2 aromatic rings. The van der Waals surface area contributed by atoms with E-state index in [9.17, 15) is 0 Å². The molecular weight excluding hydrogens is 479 g/mol. The maximum atomic E-state index is 5.70. The number of hydrogen-bond acceptors (Lipinski definition) is 6. The van der Waals surface area contributed by atoms with Crippen molar-refractivity contribution in [1.29, 1.82) is 0 Å². The fourth-order valence-corrected chi connectivity index (χ4v) is 3.30. The highest BCUT2D eigenvalue weighted by Gasteiger charge is 2.15. The fourth-order valence-electron chi connectivity index (χ4n) is 2.64. The second-order valence-corrected chi connectivity index (χ2v) is 7.08. The van der Waals surface area contributed by atoms with Crippen molar-refractivity contribution in [3.8, 4) is 10.8 Å². The highest BCUT2D eigenvalue weighted by atomic mass is 127. The summed E-state index contributed by atoms with van der Waals surface area (Å²) in [6.07, 6.45) is 3.72. The molecule has 0 aromatic carbocycles. The molecule has 3 rings (SSSR count). The van der Waals surface area contributed by atoms with Crippen LogP contribution in [0.5, 0.6) is 0 Å². The van der Waals surface area contributed by atoms with E-state index in [4.69, 9.17) is 13.9 Å². The molecule has 1 atom stereocenters. The molecule has 1 saturated heterocycles. The summed E-state index contributed by atoms with van der Waals surface area (Å²) in [6, 6.07) is 3.98. The van der Waals surface area contributed by atoms with Crippen LogP contribution in [0.25, 0.3) is 10.8 Å². The fraction of sp³-hybridized carbons (Fsp3) is 0.556. The lowest BCUT2D eigenvalue weighted by molar-refractivity contribution is 0.0888. The SMILES string of the molecule is CN=C(NCCCOCC1CCOC1)NCc1coc(-c2cccs2)n1.I. The van der Waals surface area contributed by atoms with E-state index in [1.807, 2.05) is 17.5 Å². The topological polar surface area (TPSA) is 80.9 Å². The zero-order valence-electron chi connectivity index (χ0n) is 15.5. The number of aromatic nitrogens is 1. The molecule has 1 aliphatic rings. The molecule has 1 unspecified atom stereocenters. The van der Waals surface area contributed by atoms with Crippen LogP contribution in [0.3, 0.4) is 0 Å². The number of hydrogen-bond donors (Lipinski definition) is 2. The van der Waals surface area contributed by atoms with Crippen molar-refractivity contribution < 1.29 is 13.9 Å². The van der Waals surface area contributed by atoms with E-state index in [1.165, 1.54) is 0 Å². The van der Waals surface area contributed by atoms with Gasteiger partial charge in [0.05, 0.1) is 30.3 Å². The molecule has 9 heteroatoms. The second kappa shape index (κ2) is 12.3. The number of guanidine groups is 1. The molecule has 2 aromatic heterocycles. The minimum atomic E-state index is 0. The number of aliphatic imine (C=N–C) groups is 1. The molecule has 1 fully saturated rings. The average molecular weight is 506 g/mol. The van der Waals surface area contributed by atoms with Crippen LogP contribution in [-0.4, -0.2) is 51.0 Å². The van der Waals surface area contributed by atoms with Gasteiger partial charge in [0, 0.05) is 32.7 Å². The molecule has 2 N–H and O–H groups in total. The van der Waals surface area contributed by atoms with E-state index in [2.05, 4.69) is 20.6 Å². The molecule has 0 spiro atoms. The normalized spacial score (nSPS) is 16.9. The van der Waals surface area contributed by atoms with E-state index in [0.717, 1.165) is 62.3 Å². The van der Waals surface area contributed by atoms with E-state index in [-0.39, 0.29) is 24.0 Å². The van der Waals surface area contributed by atoms with Gasteiger partial charge in [-0.15, -0.1) is 35.3 Å². The summed E-state index contributed by atoms with van der Waals surface area (Å²) >= 11 is 1.61. The molecule has 3 heterocycles. The van der Waals surface area contributed by atoms with Gasteiger partial charge >= 0.3 is 0 Å². The van der Waals surface area contributed by atoms with Gasteiger partial charge in [0.25, 0.3) is 0 Å². The maximum absolute atomic E-state index is 5.70. The van der Waals surface area contributed by atoms with Crippen LogP contribution in [0.15, 0.2) is 33.2 Å². The molecule has 1 aliphatic heterocycles. The average Bonchev–Trinajstić information content (AvgIpc) is 3.42. The lowest BCUT2D eigenvalue weighted by Gasteiger charge is -2.12. The number of rotatable bonds is 9. The Morgan fingerprint density at radius 1 is 1.44 bits per heavy atom. The molecule has 7 nitrogen and oxygen atoms in total. The summed E-state index contributed by atoms with van der Waals surface area (Å²) < 4.78 is 16.6. The van der Waals surface area contributed by atoms with Crippen molar-refractivity contribution in [2.24, 2.45) is 10.9 Å². The predicted molar refractivity (Wildman–Crippen MR) is 118 cm³/mol. The van der Waals surface area contributed by atoms with E-state index >= 15 is 0 Å². The van der Waals surface area contributed by atoms with Crippen LogP contribution in [0, 0.1) is 5.92 Å². The Balaban J connectivity index is 0.00000261. The third kappa shape index (κ3) is 7.40. The van der Waals surface area contributed by atoms with Gasteiger partial charge in [0.1, 0.15) is 6.26 Å². The second-order valence-electron chi connectivity index (χ2n) is 6.13. The minimum Gasteiger partial charge on any atom is -0.443 e. The van der Waals surface area contributed by atoms with Crippen LogP contribution >= 0.6 is 35.3 Å². The van der Waals surface area contributed by atoms with E-state index < -0.39 is 0 Å². The summed E-state index contributed by atoms with van der Waals surface area (Å²) in [4.78, 5) is 9.74. The standard InChI is InChI=1S/C18H26N4O3S.HI/c1-19-18(20-6-3-7-23-11-14-5-8-24-12-14)21-10-15-13-25-17(22-15)16-4-2-9-26-16;/h2,4,9,13-14H,3,5-8,10-12H2,1H3,(H2,19,20,21);1H. The Morgan fingerprint density at radius 3 is 3.11 bits per heavy atom. The molecule has 0 radical (unpaired) electrons. The summed E-state index contributed by atoms with van der Waals surface area (Å²) in [7, 11) is 1.76. The summed E-state index contributed by atoms with van der Waals surface area (Å²) in [5.74, 6) is 1.97. The zero-order valence-corrected chi connectivity index (χ0v) is 18.6. The number of oxazole rings is 1. The number of ether oxygens (including phenoxy) is 2. The van der Waals surface area contributed by atoms with E-state index in [1.54, 1.807) is 24.6 Å². The van der Waals surface area contributed by atoms with Gasteiger partial charge in [0.15, 0.2) is 5.96 Å². The maximum Gasteiger partial charge on any atom is 0.236 e. The van der Waals surface area contributed by atoms with Gasteiger partial charge in [-0.25, -0.2) is 4.98 Å². The van der Waals surface area contributed by atoms with Gasteiger partial charge in [-0.05, 0) is 24.3 Å². The molecular formula is C18H27IN4O3S. The highest BCUT2D eigenvalue weighted by Crippen LogP contribution is 2.23. The molecule has 0 saturated carbocycles. The van der Waals surface area contributed by atoms with Gasteiger partial charge in [-0.2, -0.15) is 0 Å². The third-order valence-electron chi connectivity index (χ3n) is 4.08. The minimum absolute atomic E-state index is 0. The van der Waals surface area contributed by atoms with Crippen molar-refractivity contribution >= 4 is 41.3 Å². The van der Waals surface area contributed by atoms with Crippen LogP contribution in [0.1, 0.15) is 18.5 Å². The molecule has 0 aliphatic carbocycles. The highest BCUT2D eigenvalue weighted by molar-refractivity contribution is 14.0. The Labute approximate surface area is 181 Å². The summed E-state index contributed by atoms with van der Waals surface area (Å²) in [5.41, 5.74) is 0.846. The third-order valence-corrected chi connectivity index (χ3v) is 4.94. The number of nitrogens with one attached hydrogen (secondary N) is 2. The van der Waals surface area contributed by atoms with Crippen molar-refractivity contribution in [2.45, 2.75) is 19.4 Å². The largest absolute Gasteiger partial charge is 0.443 e. The predicted octanol–water partition coefficient (Wildman–Crippen LogP) is 3.13. The first kappa shape index (κ1) is 22.1. The van der Waals surface area contributed by atoms with Crippen molar-refractivity contribution in [3.05, 3.63) is 29.5 Å². The lowest BCUT2D eigenvalue weighted by atomic mass is 10.1. The Hall–Kier alpha value is -1.17. The number of thiophene rings is 1. The van der Waals surface area contributed by atoms with Crippen LogP contribution < -0.4 is 10.6 Å². The Morgan fingerprint density at radius 2 is 2.37 bits per heavy atom. The van der Waals surface area contributed by atoms with Gasteiger partial charge in [-0.1, -0.05) is 6.07 Å². The Kier molecular flexibility index (Phi) is 10.1. The quantitative estimate of drug-likeness (QED) is 0.236.